The van der Waals surface area contributed by atoms with Crippen LogP contribution >= 0.6 is 11.8 Å². The van der Waals surface area contributed by atoms with E-state index < -0.39 is 0 Å². The third-order valence-corrected chi connectivity index (χ3v) is 4.89. The average molecular weight is 264 g/mol. The zero-order chi connectivity index (χ0) is 13.1. The zero-order valence-corrected chi connectivity index (χ0v) is 12.0. The lowest BCUT2D eigenvalue weighted by Crippen LogP contribution is -2.16. The van der Waals surface area contributed by atoms with E-state index in [9.17, 15) is 4.79 Å². The SMILES string of the molecule is Cc1ccc(C(=O)CSC2CCOC2C)c(C)c1. The summed E-state index contributed by atoms with van der Waals surface area (Å²) in [6.45, 7) is 6.97. The summed E-state index contributed by atoms with van der Waals surface area (Å²) in [6.07, 6.45) is 1.34. The van der Waals surface area contributed by atoms with Crippen molar-refractivity contribution >= 4 is 17.5 Å². The Balaban J connectivity index is 1.95. The van der Waals surface area contributed by atoms with Gasteiger partial charge in [-0.25, -0.2) is 0 Å². The molecule has 1 saturated heterocycles. The van der Waals surface area contributed by atoms with Crippen molar-refractivity contribution in [3.8, 4) is 0 Å². The van der Waals surface area contributed by atoms with Crippen molar-refractivity contribution < 1.29 is 9.53 Å². The van der Waals surface area contributed by atoms with Gasteiger partial charge in [0.05, 0.1) is 11.9 Å². The van der Waals surface area contributed by atoms with Crippen LogP contribution in [0.2, 0.25) is 0 Å². The lowest BCUT2D eigenvalue weighted by Gasteiger charge is -2.13. The quantitative estimate of drug-likeness (QED) is 0.780. The second kappa shape index (κ2) is 5.89. The van der Waals surface area contributed by atoms with Gasteiger partial charge in [-0.2, -0.15) is 0 Å². The first-order chi connectivity index (χ1) is 8.58. The normalized spacial score (nSPS) is 23.3. The molecule has 0 aliphatic carbocycles. The van der Waals surface area contributed by atoms with Crippen LogP contribution in [0.15, 0.2) is 18.2 Å². The first-order valence-electron chi connectivity index (χ1n) is 6.41. The molecule has 1 fully saturated rings. The number of thioether (sulfide) groups is 1. The van der Waals surface area contributed by atoms with Gasteiger partial charge in [-0.15, -0.1) is 11.8 Å². The number of benzene rings is 1. The summed E-state index contributed by atoms with van der Waals surface area (Å²) in [7, 11) is 0. The summed E-state index contributed by atoms with van der Waals surface area (Å²) in [5.74, 6) is 0.791. The molecule has 1 aromatic carbocycles. The molecule has 2 rings (SSSR count). The highest BCUT2D eigenvalue weighted by Crippen LogP contribution is 2.27. The molecule has 0 bridgehead atoms. The molecule has 0 N–H and O–H groups in total. The van der Waals surface area contributed by atoms with Crippen molar-refractivity contribution in [3.05, 3.63) is 34.9 Å². The highest BCUT2D eigenvalue weighted by Gasteiger charge is 2.25. The molecule has 0 radical (unpaired) electrons. The van der Waals surface area contributed by atoms with Gasteiger partial charge in [0.15, 0.2) is 5.78 Å². The third kappa shape index (κ3) is 3.15. The van der Waals surface area contributed by atoms with E-state index in [1.807, 2.05) is 26.0 Å². The molecule has 0 spiro atoms. The molecule has 0 amide bonds. The van der Waals surface area contributed by atoms with E-state index in [-0.39, 0.29) is 11.9 Å². The maximum Gasteiger partial charge on any atom is 0.172 e. The van der Waals surface area contributed by atoms with Crippen LogP contribution in [-0.4, -0.2) is 29.5 Å². The minimum Gasteiger partial charge on any atom is -0.377 e. The van der Waals surface area contributed by atoms with E-state index in [1.165, 1.54) is 5.56 Å². The Morgan fingerprint density at radius 3 is 2.83 bits per heavy atom. The predicted molar refractivity (Wildman–Crippen MR) is 76.5 cm³/mol. The largest absolute Gasteiger partial charge is 0.377 e. The molecular formula is C15H20O2S. The Bertz CT molecular complexity index is 442. The van der Waals surface area contributed by atoms with Gasteiger partial charge in [-0.1, -0.05) is 23.8 Å². The van der Waals surface area contributed by atoms with Gasteiger partial charge in [0.1, 0.15) is 0 Å². The Labute approximate surface area is 113 Å². The Morgan fingerprint density at radius 2 is 2.22 bits per heavy atom. The summed E-state index contributed by atoms with van der Waals surface area (Å²) in [5, 5.41) is 0.472. The lowest BCUT2D eigenvalue weighted by molar-refractivity contribution is 0.102. The van der Waals surface area contributed by atoms with E-state index in [2.05, 4.69) is 13.0 Å². The highest BCUT2D eigenvalue weighted by molar-refractivity contribution is 8.00. The molecule has 2 nitrogen and oxygen atoms in total. The molecular weight excluding hydrogens is 244 g/mol. The fourth-order valence-electron chi connectivity index (χ4n) is 2.32. The van der Waals surface area contributed by atoms with E-state index in [0.717, 1.165) is 24.2 Å². The van der Waals surface area contributed by atoms with Crippen LogP contribution in [0, 0.1) is 13.8 Å². The Kier molecular flexibility index (Phi) is 4.46. The topological polar surface area (TPSA) is 26.3 Å². The molecule has 1 aliphatic rings. The number of carbonyl (C=O) groups excluding carboxylic acids is 1. The summed E-state index contributed by atoms with van der Waals surface area (Å²) in [6, 6.07) is 6.02. The minimum atomic E-state index is 0.233. The number of rotatable bonds is 4. The minimum absolute atomic E-state index is 0.233. The van der Waals surface area contributed by atoms with E-state index in [1.54, 1.807) is 11.8 Å². The average Bonchev–Trinajstić information content (AvgIpc) is 2.72. The van der Waals surface area contributed by atoms with Crippen molar-refractivity contribution in [1.82, 2.24) is 0 Å². The smallest absolute Gasteiger partial charge is 0.172 e. The van der Waals surface area contributed by atoms with Gasteiger partial charge in [-0.3, -0.25) is 4.79 Å². The van der Waals surface area contributed by atoms with Crippen LogP contribution in [0.5, 0.6) is 0 Å². The molecule has 3 heteroatoms. The number of aryl methyl sites for hydroxylation is 2. The first-order valence-corrected chi connectivity index (χ1v) is 7.46. The predicted octanol–water partition coefficient (Wildman–Crippen LogP) is 3.40. The summed E-state index contributed by atoms with van der Waals surface area (Å²) in [5.41, 5.74) is 3.14. The second-order valence-corrected chi connectivity index (χ2v) is 6.18. The van der Waals surface area contributed by atoms with Crippen molar-refractivity contribution in [1.29, 1.82) is 0 Å². The van der Waals surface area contributed by atoms with Gasteiger partial charge in [0.2, 0.25) is 0 Å². The van der Waals surface area contributed by atoms with Crippen molar-refractivity contribution in [2.45, 2.75) is 38.5 Å². The summed E-state index contributed by atoms with van der Waals surface area (Å²) in [4.78, 5) is 12.2. The number of ether oxygens (including phenoxy) is 1. The van der Waals surface area contributed by atoms with Crippen LogP contribution in [0.25, 0.3) is 0 Å². The molecule has 98 valence electrons. The van der Waals surface area contributed by atoms with Gasteiger partial charge >= 0.3 is 0 Å². The van der Waals surface area contributed by atoms with Crippen LogP contribution in [-0.2, 0) is 4.74 Å². The summed E-state index contributed by atoms with van der Waals surface area (Å²) < 4.78 is 5.51. The van der Waals surface area contributed by atoms with E-state index in [4.69, 9.17) is 4.74 Å². The molecule has 0 saturated carbocycles. The molecule has 2 unspecified atom stereocenters. The molecule has 2 atom stereocenters. The second-order valence-electron chi connectivity index (χ2n) is 4.96. The van der Waals surface area contributed by atoms with Crippen molar-refractivity contribution in [3.63, 3.8) is 0 Å². The first kappa shape index (κ1) is 13.6. The van der Waals surface area contributed by atoms with Crippen molar-refractivity contribution in [2.75, 3.05) is 12.4 Å². The van der Waals surface area contributed by atoms with Gasteiger partial charge in [-0.05, 0) is 32.8 Å². The van der Waals surface area contributed by atoms with Crippen LogP contribution in [0.1, 0.15) is 34.8 Å². The molecule has 1 heterocycles. The third-order valence-electron chi connectivity index (χ3n) is 3.42. The van der Waals surface area contributed by atoms with Gasteiger partial charge in [0, 0.05) is 17.4 Å². The monoisotopic (exact) mass is 264 g/mol. The van der Waals surface area contributed by atoms with Crippen LogP contribution in [0.4, 0.5) is 0 Å². The number of Topliss-reactive ketones (excluding diaryl/α,β-unsaturated/α-hetero) is 1. The lowest BCUT2D eigenvalue weighted by atomic mass is 10.0. The maximum absolute atomic E-state index is 12.2. The standard InChI is InChI=1S/C15H20O2S/c1-10-4-5-13(11(2)8-10)14(16)9-18-15-6-7-17-12(15)3/h4-5,8,12,15H,6-7,9H2,1-3H3. The molecule has 1 aliphatic heterocycles. The number of carbonyl (C=O) groups is 1. The zero-order valence-electron chi connectivity index (χ0n) is 11.2. The Hall–Kier alpha value is -0.800. The number of hydrogen-bond donors (Lipinski definition) is 0. The highest BCUT2D eigenvalue weighted by atomic mass is 32.2. The van der Waals surface area contributed by atoms with Crippen molar-refractivity contribution in [2.24, 2.45) is 0 Å². The van der Waals surface area contributed by atoms with Gasteiger partial charge < -0.3 is 4.74 Å². The fourth-order valence-corrected chi connectivity index (χ4v) is 3.45. The molecule has 18 heavy (non-hydrogen) atoms. The Morgan fingerprint density at radius 1 is 1.44 bits per heavy atom. The number of ketones is 1. The van der Waals surface area contributed by atoms with Gasteiger partial charge in [0.25, 0.3) is 0 Å². The molecule has 0 aromatic heterocycles. The maximum atomic E-state index is 12.2. The number of hydrogen-bond acceptors (Lipinski definition) is 3. The fraction of sp³-hybridized carbons (Fsp3) is 0.533. The van der Waals surface area contributed by atoms with Crippen LogP contribution in [0.3, 0.4) is 0 Å². The van der Waals surface area contributed by atoms with E-state index >= 15 is 0 Å². The van der Waals surface area contributed by atoms with E-state index in [0.29, 0.717) is 11.0 Å². The van der Waals surface area contributed by atoms with Crippen LogP contribution < -0.4 is 0 Å². The molecule has 1 aromatic rings. The summed E-state index contributed by atoms with van der Waals surface area (Å²) >= 11 is 1.73.